The Hall–Kier alpha value is -4.97. The summed E-state index contributed by atoms with van der Waals surface area (Å²) in [5.41, 5.74) is 3.64. The third kappa shape index (κ3) is 6.62. The van der Waals surface area contributed by atoms with Gasteiger partial charge in [0.1, 0.15) is 12.6 Å². The number of carbonyl (C=O) groups excluding carboxylic acids is 3. The topological polar surface area (TPSA) is 154 Å². The Bertz CT molecular complexity index is 1460. The SMILES string of the molecule is COC(=O)Nc1ccc(-c2cc(C(CC=O)NC(=O)/C=C/c3cc(Cl)ccc3-n3cnnn3)cnn2)cc1. The number of amides is 2. The Balaban J connectivity index is 1.51. The van der Waals surface area contributed by atoms with Gasteiger partial charge in [-0.05, 0) is 58.5 Å². The van der Waals surface area contributed by atoms with E-state index < -0.39 is 18.0 Å². The number of aldehydes is 1. The second-order valence-corrected chi connectivity index (χ2v) is 8.26. The lowest BCUT2D eigenvalue weighted by Crippen LogP contribution is -2.27. The van der Waals surface area contributed by atoms with Crippen LogP contribution in [0.2, 0.25) is 5.02 Å². The van der Waals surface area contributed by atoms with Crippen molar-refractivity contribution < 1.29 is 19.1 Å². The van der Waals surface area contributed by atoms with Crippen LogP contribution in [0.25, 0.3) is 23.0 Å². The summed E-state index contributed by atoms with van der Waals surface area (Å²) in [5.74, 6) is -0.434. The first-order chi connectivity index (χ1) is 18.5. The highest BCUT2D eigenvalue weighted by atomic mass is 35.5. The highest BCUT2D eigenvalue weighted by Crippen LogP contribution is 2.24. The smallest absolute Gasteiger partial charge is 0.411 e. The molecule has 38 heavy (non-hydrogen) atoms. The van der Waals surface area contributed by atoms with Crippen molar-refractivity contribution >= 4 is 41.7 Å². The van der Waals surface area contributed by atoms with Crippen LogP contribution in [0.1, 0.15) is 23.6 Å². The molecule has 192 valence electrons. The summed E-state index contributed by atoms with van der Waals surface area (Å²) in [4.78, 5) is 35.5. The number of tetrazole rings is 1. The number of benzene rings is 2. The predicted octanol–water partition coefficient (Wildman–Crippen LogP) is 3.41. The van der Waals surface area contributed by atoms with E-state index in [9.17, 15) is 14.4 Å². The average Bonchev–Trinajstić information content (AvgIpc) is 3.47. The molecule has 2 aromatic heterocycles. The first-order valence-corrected chi connectivity index (χ1v) is 11.6. The van der Waals surface area contributed by atoms with E-state index in [1.165, 1.54) is 30.4 Å². The molecule has 2 amide bonds. The van der Waals surface area contributed by atoms with E-state index in [2.05, 4.69) is 41.1 Å². The zero-order chi connectivity index (χ0) is 26.9. The molecule has 4 aromatic rings. The molecule has 0 fully saturated rings. The minimum atomic E-state index is -0.641. The molecule has 0 aliphatic heterocycles. The average molecular weight is 533 g/mol. The molecular weight excluding hydrogens is 512 g/mol. The van der Waals surface area contributed by atoms with Crippen LogP contribution in [-0.2, 0) is 14.3 Å². The molecule has 1 atom stereocenters. The number of ether oxygens (including phenoxy) is 1. The molecular formula is C25H21ClN8O4. The number of halogens is 1. The van der Waals surface area contributed by atoms with Crippen LogP contribution in [0, 0.1) is 0 Å². The van der Waals surface area contributed by atoms with Gasteiger partial charge in [0.15, 0.2) is 0 Å². The highest BCUT2D eigenvalue weighted by molar-refractivity contribution is 6.30. The van der Waals surface area contributed by atoms with Crippen LogP contribution >= 0.6 is 11.6 Å². The minimum Gasteiger partial charge on any atom is -0.453 e. The Morgan fingerprint density at radius 1 is 1.13 bits per heavy atom. The van der Waals surface area contributed by atoms with Gasteiger partial charge < -0.3 is 14.8 Å². The van der Waals surface area contributed by atoms with Crippen molar-refractivity contribution in [3.05, 3.63) is 83.3 Å². The summed E-state index contributed by atoms with van der Waals surface area (Å²) >= 11 is 6.13. The molecule has 2 N–H and O–H groups in total. The number of carbonyl (C=O) groups is 3. The van der Waals surface area contributed by atoms with Crippen molar-refractivity contribution in [2.24, 2.45) is 0 Å². The highest BCUT2D eigenvalue weighted by Gasteiger charge is 2.16. The second-order valence-electron chi connectivity index (χ2n) is 7.82. The molecule has 1 unspecified atom stereocenters. The lowest BCUT2D eigenvalue weighted by Gasteiger charge is -2.16. The van der Waals surface area contributed by atoms with Crippen LogP contribution in [0.15, 0.2) is 67.1 Å². The predicted molar refractivity (Wildman–Crippen MR) is 138 cm³/mol. The van der Waals surface area contributed by atoms with E-state index in [0.717, 1.165) is 11.8 Å². The number of nitrogens with one attached hydrogen (secondary N) is 2. The summed E-state index contributed by atoms with van der Waals surface area (Å²) in [6, 6.07) is 13.1. The maximum atomic E-state index is 12.8. The summed E-state index contributed by atoms with van der Waals surface area (Å²) in [5, 5.41) is 25.2. The minimum absolute atomic E-state index is 0.0275. The first kappa shape index (κ1) is 26.1. The van der Waals surface area contributed by atoms with E-state index in [0.29, 0.717) is 33.2 Å². The number of aromatic nitrogens is 6. The Morgan fingerprint density at radius 2 is 1.95 bits per heavy atom. The van der Waals surface area contributed by atoms with Gasteiger partial charge in [-0.1, -0.05) is 23.7 Å². The zero-order valence-corrected chi connectivity index (χ0v) is 20.7. The van der Waals surface area contributed by atoms with Crippen molar-refractivity contribution in [3.63, 3.8) is 0 Å². The van der Waals surface area contributed by atoms with Crippen LogP contribution < -0.4 is 10.6 Å². The van der Waals surface area contributed by atoms with E-state index in [4.69, 9.17) is 11.6 Å². The molecule has 0 bridgehead atoms. The summed E-state index contributed by atoms with van der Waals surface area (Å²) in [6.07, 6.45) is 5.99. The largest absolute Gasteiger partial charge is 0.453 e. The standard InChI is InChI=1S/C25H21ClN8O4/c1-38-25(37)29-20-6-2-16(3-7-20)22-13-18(14-27-31-22)21(10-11-35)30-24(36)9-4-17-12-19(26)5-8-23(17)34-15-28-32-33-34/h2-9,11-15,21H,10H2,1H3,(H,29,37)(H,30,36)/b9-4+. The lowest BCUT2D eigenvalue weighted by molar-refractivity contribution is -0.117. The van der Waals surface area contributed by atoms with Crippen molar-refractivity contribution in [3.8, 4) is 16.9 Å². The van der Waals surface area contributed by atoms with Gasteiger partial charge >= 0.3 is 6.09 Å². The Labute approximate surface area is 221 Å². The van der Waals surface area contributed by atoms with E-state index >= 15 is 0 Å². The van der Waals surface area contributed by atoms with E-state index in [1.807, 2.05) is 0 Å². The van der Waals surface area contributed by atoms with E-state index in [-0.39, 0.29) is 6.42 Å². The number of anilines is 1. The molecule has 0 aliphatic carbocycles. The number of hydrogen-bond donors (Lipinski definition) is 2. The van der Waals surface area contributed by atoms with Crippen molar-refractivity contribution in [2.75, 3.05) is 12.4 Å². The third-order valence-electron chi connectivity index (χ3n) is 5.34. The molecule has 13 heteroatoms. The number of nitrogens with zero attached hydrogens (tertiary/aromatic N) is 6. The fourth-order valence-electron chi connectivity index (χ4n) is 3.51. The quantitative estimate of drug-likeness (QED) is 0.244. The fourth-order valence-corrected chi connectivity index (χ4v) is 3.69. The monoisotopic (exact) mass is 532 g/mol. The first-order valence-electron chi connectivity index (χ1n) is 11.2. The lowest BCUT2D eigenvalue weighted by atomic mass is 10.0. The molecule has 2 aromatic carbocycles. The molecule has 0 aliphatic rings. The molecule has 0 radical (unpaired) electrons. The van der Waals surface area contributed by atoms with Gasteiger partial charge in [0.25, 0.3) is 0 Å². The van der Waals surface area contributed by atoms with Gasteiger partial charge in [-0.2, -0.15) is 14.9 Å². The van der Waals surface area contributed by atoms with Gasteiger partial charge in [0, 0.05) is 34.3 Å². The number of hydrogen-bond acceptors (Lipinski definition) is 9. The van der Waals surface area contributed by atoms with Gasteiger partial charge in [0.2, 0.25) is 5.91 Å². The maximum absolute atomic E-state index is 12.8. The van der Waals surface area contributed by atoms with Gasteiger partial charge in [-0.3, -0.25) is 10.1 Å². The van der Waals surface area contributed by atoms with Crippen LogP contribution in [-0.4, -0.2) is 55.8 Å². The second kappa shape index (κ2) is 12.3. The molecule has 12 nitrogen and oxygen atoms in total. The van der Waals surface area contributed by atoms with Gasteiger partial charge in [-0.15, -0.1) is 5.10 Å². The van der Waals surface area contributed by atoms with Crippen molar-refractivity contribution in [1.29, 1.82) is 0 Å². The molecule has 2 heterocycles. The van der Waals surface area contributed by atoms with Crippen LogP contribution in [0.5, 0.6) is 0 Å². The normalized spacial score (nSPS) is 11.6. The number of rotatable bonds is 9. The van der Waals surface area contributed by atoms with Gasteiger partial charge in [0.05, 0.1) is 30.7 Å². The third-order valence-corrected chi connectivity index (χ3v) is 5.57. The van der Waals surface area contributed by atoms with Gasteiger partial charge in [-0.25, -0.2) is 4.79 Å². The van der Waals surface area contributed by atoms with Crippen LogP contribution in [0.3, 0.4) is 0 Å². The molecule has 0 spiro atoms. The number of methoxy groups -OCH3 is 1. The Morgan fingerprint density at radius 3 is 2.66 bits per heavy atom. The zero-order valence-electron chi connectivity index (χ0n) is 20.0. The van der Waals surface area contributed by atoms with Crippen LogP contribution in [0.4, 0.5) is 10.5 Å². The summed E-state index contributed by atoms with van der Waals surface area (Å²) in [6.45, 7) is 0. The van der Waals surface area contributed by atoms with Crippen molar-refractivity contribution in [2.45, 2.75) is 12.5 Å². The summed E-state index contributed by atoms with van der Waals surface area (Å²) in [7, 11) is 1.28. The molecule has 4 rings (SSSR count). The molecule has 0 saturated carbocycles. The van der Waals surface area contributed by atoms with E-state index in [1.54, 1.807) is 54.6 Å². The van der Waals surface area contributed by atoms with Crippen molar-refractivity contribution in [1.82, 2.24) is 35.7 Å². The fraction of sp³-hybridized carbons (Fsp3) is 0.120. The molecule has 0 saturated heterocycles. The maximum Gasteiger partial charge on any atom is 0.411 e. The summed E-state index contributed by atoms with van der Waals surface area (Å²) < 4.78 is 6.03. The Kier molecular flexibility index (Phi) is 8.46.